The molecule has 1 aromatic carbocycles. The zero-order valence-corrected chi connectivity index (χ0v) is 16.0. The highest BCUT2D eigenvalue weighted by Crippen LogP contribution is 2.30. The first-order valence-electron chi connectivity index (χ1n) is 8.82. The van der Waals surface area contributed by atoms with Gasteiger partial charge in [0, 0.05) is 32.4 Å². The molecule has 1 saturated heterocycles. The molecule has 1 atom stereocenters. The van der Waals surface area contributed by atoms with Gasteiger partial charge in [-0.3, -0.25) is 14.4 Å². The second-order valence-electron chi connectivity index (χ2n) is 6.60. The first kappa shape index (κ1) is 18.8. The number of aromatic nitrogens is 1. The van der Waals surface area contributed by atoms with E-state index in [9.17, 15) is 14.4 Å². The van der Waals surface area contributed by atoms with Crippen LogP contribution in [0.2, 0.25) is 0 Å². The first-order valence-corrected chi connectivity index (χ1v) is 8.82. The van der Waals surface area contributed by atoms with Crippen LogP contribution < -0.4 is 10.1 Å². The van der Waals surface area contributed by atoms with Crippen LogP contribution in [0.4, 0.5) is 0 Å². The van der Waals surface area contributed by atoms with E-state index in [1.165, 1.54) is 18.9 Å². The summed E-state index contributed by atoms with van der Waals surface area (Å²) >= 11 is 0. The molecule has 0 aliphatic carbocycles. The van der Waals surface area contributed by atoms with Crippen LogP contribution in [0.5, 0.6) is 5.75 Å². The summed E-state index contributed by atoms with van der Waals surface area (Å²) in [6.45, 7) is 4.17. The number of likely N-dealkylation sites (N-methyl/N-ethyl adjacent to an activating group) is 1. The van der Waals surface area contributed by atoms with Gasteiger partial charge in [0.25, 0.3) is 5.91 Å². The van der Waals surface area contributed by atoms with Gasteiger partial charge in [-0.2, -0.15) is 0 Å². The number of aromatic amines is 1. The summed E-state index contributed by atoms with van der Waals surface area (Å²) in [4.78, 5) is 43.5. The van der Waals surface area contributed by atoms with Gasteiger partial charge in [0.1, 0.15) is 17.5 Å². The van der Waals surface area contributed by atoms with E-state index >= 15 is 0 Å². The van der Waals surface area contributed by atoms with E-state index in [1.54, 1.807) is 12.0 Å². The molecule has 2 N–H and O–H groups in total. The number of aryl methyl sites for hydroxylation is 1. The quantitative estimate of drug-likeness (QED) is 0.837. The minimum absolute atomic E-state index is 0.157. The van der Waals surface area contributed by atoms with Crippen molar-refractivity contribution >= 4 is 28.6 Å². The predicted octanol–water partition coefficient (Wildman–Crippen LogP) is 0.904. The van der Waals surface area contributed by atoms with Gasteiger partial charge in [0.15, 0.2) is 0 Å². The molecule has 0 unspecified atom stereocenters. The molecule has 1 aliphatic rings. The molecule has 1 aromatic heterocycles. The van der Waals surface area contributed by atoms with E-state index in [4.69, 9.17) is 4.74 Å². The van der Waals surface area contributed by atoms with Crippen LogP contribution in [0.25, 0.3) is 10.9 Å². The minimum Gasteiger partial charge on any atom is -0.495 e. The molecule has 1 aliphatic heterocycles. The summed E-state index contributed by atoms with van der Waals surface area (Å²) in [6, 6.07) is 4.95. The number of hydrogen-bond acceptors (Lipinski definition) is 4. The Labute approximate surface area is 157 Å². The van der Waals surface area contributed by atoms with Crippen LogP contribution >= 0.6 is 0 Å². The number of nitrogens with one attached hydrogen (secondary N) is 2. The van der Waals surface area contributed by atoms with Crippen molar-refractivity contribution in [3.05, 3.63) is 29.5 Å². The van der Waals surface area contributed by atoms with Crippen LogP contribution in [-0.2, 0) is 9.59 Å². The molecule has 27 heavy (non-hydrogen) atoms. The maximum Gasteiger partial charge on any atom is 0.270 e. The van der Waals surface area contributed by atoms with Crippen molar-refractivity contribution in [2.45, 2.75) is 19.9 Å². The monoisotopic (exact) mass is 372 g/mol. The number of carbonyl (C=O) groups is 3. The van der Waals surface area contributed by atoms with Gasteiger partial charge in [-0.15, -0.1) is 0 Å². The fourth-order valence-corrected chi connectivity index (χ4v) is 3.60. The van der Waals surface area contributed by atoms with Gasteiger partial charge in [-0.05, 0) is 18.6 Å². The van der Waals surface area contributed by atoms with Crippen LogP contribution in [0, 0.1) is 6.92 Å². The number of carbonyl (C=O) groups excluding carboxylic acids is 3. The van der Waals surface area contributed by atoms with Gasteiger partial charge in [0.05, 0.1) is 19.2 Å². The Balaban J connectivity index is 1.92. The van der Waals surface area contributed by atoms with Crippen LogP contribution in [0.1, 0.15) is 23.0 Å². The number of H-pyrrole nitrogens is 1. The largest absolute Gasteiger partial charge is 0.495 e. The average Bonchev–Trinajstić information content (AvgIpc) is 3.03. The Morgan fingerprint density at radius 1 is 1.26 bits per heavy atom. The lowest BCUT2D eigenvalue weighted by Gasteiger charge is -2.39. The molecule has 0 saturated carbocycles. The maximum absolute atomic E-state index is 13.1. The number of hydrogen-bond donors (Lipinski definition) is 2. The third-order valence-corrected chi connectivity index (χ3v) is 5.11. The normalized spacial score (nSPS) is 17.1. The first-order chi connectivity index (χ1) is 12.9. The zero-order chi connectivity index (χ0) is 19.7. The molecular weight excluding hydrogens is 348 g/mol. The SMILES string of the molecule is CNC(=O)[C@@H]1CN(C(=O)c2[nH]c3c(OC)cccc3c2C)CCN1C(C)=O. The van der Waals surface area contributed by atoms with Crippen molar-refractivity contribution < 1.29 is 19.1 Å². The van der Waals surface area contributed by atoms with Gasteiger partial charge >= 0.3 is 0 Å². The summed E-state index contributed by atoms with van der Waals surface area (Å²) in [5.41, 5.74) is 2.08. The highest BCUT2D eigenvalue weighted by Gasteiger charge is 2.36. The summed E-state index contributed by atoms with van der Waals surface area (Å²) in [7, 11) is 3.11. The van der Waals surface area contributed by atoms with Crippen molar-refractivity contribution in [2.75, 3.05) is 33.8 Å². The summed E-state index contributed by atoms with van der Waals surface area (Å²) in [5.74, 6) is 0.0158. The van der Waals surface area contributed by atoms with E-state index in [0.29, 0.717) is 24.5 Å². The second kappa shape index (κ2) is 7.30. The number of methoxy groups -OCH3 is 1. The van der Waals surface area contributed by atoms with Crippen molar-refractivity contribution in [1.82, 2.24) is 20.1 Å². The molecule has 8 heteroatoms. The standard InChI is InChI=1S/C19H24N4O4/c1-11-13-6-5-7-15(27-4)17(13)21-16(11)19(26)22-8-9-23(12(2)24)14(10-22)18(25)20-3/h5-7,14,21H,8-10H2,1-4H3,(H,20,25)/t14-/m0/s1. The lowest BCUT2D eigenvalue weighted by Crippen LogP contribution is -2.60. The molecule has 3 amide bonds. The Morgan fingerprint density at radius 3 is 2.63 bits per heavy atom. The smallest absolute Gasteiger partial charge is 0.270 e. The number of rotatable bonds is 3. The van der Waals surface area contributed by atoms with Crippen molar-refractivity contribution in [2.24, 2.45) is 0 Å². The van der Waals surface area contributed by atoms with Crippen LogP contribution in [0.15, 0.2) is 18.2 Å². The van der Waals surface area contributed by atoms with Crippen molar-refractivity contribution in [3.63, 3.8) is 0 Å². The summed E-state index contributed by atoms with van der Waals surface area (Å²) in [5, 5.41) is 3.49. The minimum atomic E-state index is -0.690. The third-order valence-electron chi connectivity index (χ3n) is 5.11. The number of benzene rings is 1. The number of para-hydroxylation sites is 1. The summed E-state index contributed by atoms with van der Waals surface area (Å²) in [6.07, 6.45) is 0. The highest BCUT2D eigenvalue weighted by molar-refractivity contribution is 6.02. The van der Waals surface area contributed by atoms with Crippen LogP contribution in [-0.4, -0.2) is 72.3 Å². The molecule has 8 nitrogen and oxygen atoms in total. The number of amides is 3. The molecule has 2 heterocycles. The Bertz CT molecular complexity index is 904. The molecule has 0 radical (unpaired) electrons. The Kier molecular flexibility index (Phi) is 5.07. The lowest BCUT2D eigenvalue weighted by molar-refractivity contribution is -0.141. The maximum atomic E-state index is 13.1. The Morgan fingerprint density at radius 2 is 2.00 bits per heavy atom. The van der Waals surface area contributed by atoms with E-state index < -0.39 is 6.04 Å². The predicted molar refractivity (Wildman–Crippen MR) is 101 cm³/mol. The van der Waals surface area contributed by atoms with E-state index in [2.05, 4.69) is 10.3 Å². The number of nitrogens with zero attached hydrogens (tertiary/aromatic N) is 2. The third kappa shape index (κ3) is 3.22. The molecule has 0 spiro atoms. The summed E-state index contributed by atoms with van der Waals surface area (Å²) < 4.78 is 5.37. The topological polar surface area (TPSA) is 94.7 Å². The van der Waals surface area contributed by atoms with Gasteiger partial charge in [-0.25, -0.2) is 0 Å². The number of fused-ring (bicyclic) bond motifs is 1. The molecule has 3 rings (SSSR count). The number of ether oxygens (including phenoxy) is 1. The molecular formula is C19H24N4O4. The Hall–Kier alpha value is -3.03. The van der Waals surface area contributed by atoms with Gasteiger partial charge in [-0.1, -0.05) is 12.1 Å². The lowest BCUT2D eigenvalue weighted by atomic mass is 10.1. The van der Waals surface area contributed by atoms with Crippen molar-refractivity contribution in [3.8, 4) is 5.75 Å². The fourth-order valence-electron chi connectivity index (χ4n) is 3.60. The van der Waals surface area contributed by atoms with E-state index in [0.717, 1.165) is 16.5 Å². The number of piperazine rings is 1. The van der Waals surface area contributed by atoms with Gasteiger partial charge < -0.3 is 24.8 Å². The second-order valence-corrected chi connectivity index (χ2v) is 6.60. The van der Waals surface area contributed by atoms with Crippen molar-refractivity contribution in [1.29, 1.82) is 0 Å². The van der Waals surface area contributed by atoms with Gasteiger partial charge in [0.2, 0.25) is 11.8 Å². The average molecular weight is 372 g/mol. The molecule has 2 aromatic rings. The van der Waals surface area contributed by atoms with E-state index in [-0.39, 0.29) is 24.3 Å². The molecule has 144 valence electrons. The fraction of sp³-hybridized carbons (Fsp3) is 0.421. The molecule has 1 fully saturated rings. The van der Waals surface area contributed by atoms with E-state index in [1.807, 2.05) is 25.1 Å². The highest BCUT2D eigenvalue weighted by atomic mass is 16.5. The zero-order valence-electron chi connectivity index (χ0n) is 16.0. The van der Waals surface area contributed by atoms with Crippen LogP contribution in [0.3, 0.4) is 0 Å². The molecule has 0 bridgehead atoms.